The molecule has 44 heavy (non-hydrogen) atoms. The minimum absolute atomic E-state index is 0.182. The fourth-order valence-electron chi connectivity index (χ4n) is 4.59. The Morgan fingerprint density at radius 3 is 1.09 bits per heavy atom. The average Bonchev–Trinajstić information content (AvgIpc) is 3.40. The Morgan fingerprint density at radius 1 is 0.432 bits per heavy atom. The van der Waals surface area contributed by atoms with Gasteiger partial charge in [0.25, 0.3) is 0 Å². The van der Waals surface area contributed by atoms with Gasteiger partial charge in [0, 0.05) is 11.4 Å². The van der Waals surface area contributed by atoms with Crippen molar-refractivity contribution in [2.45, 2.75) is 12.4 Å². The number of nitrogens with two attached hydrogens (primary N) is 2. The van der Waals surface area contributed by atoms with Crippen molar-refractivity contribution >= 4 is 35.3 Å². The van der Waals surface area contributed by atoms with Gasteiger partial charge >= 0.3 is 36.2 Å². The third kappa shape index (κ3) is 5.56. The number of hydrogen-bond donors (Lipinski definition) is 2. The van der Waals surface area contributed by atoms with Crippen molar-refractivity contribution in [3.05, 3.63) is 106 Å². The molecule has 0 unspecified atom stereocenters. The number of carbonyl (C=O) groups excluding carboxylic acids is 4. The molecule has 6 rings (SSSR count). The van der Waals surface area contributed by atoms with Crippen LogP contribution < -0.4 is 11.5 Å². The Labute approximate surface area is 242 Å². The van der Waals surface area contributed by atoms with E-state index in [1.54, 1.807) is 12.1 Å². The highest BCUT2D eigenvalue weighted by molar-refractivity contribution is 6.16. The number of nitrogen functional groups attached to an aromatic ring is 2. The topological polar surface area (TPSA) is 139 Å². The third-order valence-corrected chi connectivity index (χ3v) is 6.61. The van der Waals surface area contributed by atoms with Crippen molar-refractivity contribution in [1.29, 1.82) is 0 Å². The zero-order valence-corrected chi connectivity index (χ0v) is 21.8. The first kappa shape index (κ1) is 29.8. The van der Waals surface area contributed by atoms with Gasteiger partial charge in [-0.1, -0.05) is 24.3 Å². The number of anilines is 2. The van der Waals surface area contributed by atoms with Crippen LogP contribution in [0.1, 0.15) is 52.6 Å². The van der Waals surface area contributed by atoms with Gasteiger partial charge in [-0.05, 0) is 70.8 Å². The van der Waals surface area contributed by atoms with Crippen molar-refractivity contribution in [2.24, 2.45) is 0 Å². The van der Waals surface area contributed by atoms with Crippen LogP contribution in [-0.4, -0.2) is 23.9 Å². The highest BCUT2D eigenvalue weighted by atomic mass is 19.4. The van der Waals surface area contributed by atoms with Gasteiger partial charge in [0.15, 0.2) is 0 Å². The number of carbonyl (C=O) groups is 4. The van der Waals surface area contributed by atoms with Gasteiger partial charge in [-0.25, -0.2) is 19.2 Å². The van der Waals surface area contributed by atoms with Crippen LogP contribution in [0.3, 0.4) is 0 Å². The van der Waals surface area contributed by atoms with E-state index in [1.807, 2.05) is 0 Å². The Hall–Kier alpha value is -5.66. The molecule has 224 valence electrons. The van der Waals surface area contributed by atoms with E-state index in [0.717, 1.165) is 24.3 Å². The molecule has 0 spiro atoms. The maximum Gasteiger partial charge on any atom is 0.417 e. The van der Waals surface area contributed by atoms with Crippen LogP contribution in [0.25, 0.3) is 22.3 Å². The van der Waals surface area contributed by atoms with Crippen LogP contribution in [0.5, 0.6) is 0 Å². The molecular formula is C30H16F6N2O6. The first-order valence-corrected chi connectivity index (χ1v) is 12.3. The van der Waals surface area contributed by atoms with Crippen molar-refractivity contribution < 1.29 is 55.0 Å². The smallest absolute Gasteiger partial charge is 0.399 e. The number of fused-ring (bicyclic) bond motifs is 2. The molecule has 0 fully saturated rings. The molecule has 0 saturated heterocycles. The van der Waals surface area contributed by atoms with Gasteiger partial charge in [0.1, 0.15) is 0 Å². The summed E-state index contributed by atoms with van der Waals surface area (Å²) in [7, 11) is 0. The predicted octanol–water partition coefficient (Wildman–Crippen LogP) is 6.53. The van der Waals surface area contributed by atoms with E-state index in [1.165, 1.54) is 24.3 Å². The van der Waals surface area contributed by atoms with Crippen LogP contribution in [-0.2, 0) is 21.8 Å². The molecule has 0 aliphatic carbocycles. The lowest BCUT2D eigenvalue weighted by molar-refractivity contribution is -0.139. The quantitative estimate of drug-likeness (QED) is 0.113. The number of hydrogen-bond acceptors (Lipinski definition) is 8. The third-order valence-electron chi connectivity index (χ3n) is 6.61. The van der Waals surface area contributed by atoms with Crippen molar-refractivity contribution in [3.8, 4) is 22.3 Å². The van der Waals surface area contributed by atoms with Gasteiger partial charge in [0.2, 0.25) is 0 Å². The fourth-order valence-corrected chi connectivity index (χ4v) is 4.59. The second-order valence-electron chi connectivity index (χ2n) is 9.48. The Balaban J connectivity index is 0.000000175. The largest absolute Gasteiger partial charge is 0.417 e. The first-order valence-electron chi connectivity index (χ1n) is 12.3. The summed E-state index contributed by atoms with van der Waals surface area (Å²) in [5.74, 6) is -2.74. The van der Waals surface area contributed by atoms with E-state index in [9.17, 15) is 45.5 Å². The highest BCUT2D eigenvalue weighted by Crippen LogP contribution is 2.43. The Morgan fingerprint density at radius 2 is 0.750 bits per heavy atom. The molecule has 4 aromatic rings. The zero-order chi connectivity index (χ0) is 32.1. The van der Waals surface area contributed by atoms with Crippen molar-refractivity contribution in [3.63, 3.8) is 0 Å². The molecule has 0 amide bonds. The van der Waals surface area contributed by atoms with E-state index in [-0.39, 0.29) is 33.6 Å². The number of rotatable bonds is 2. The molecule has 0 atom stereocenters. The standard InChI is InChI=1S/C16H6O6.C14H10F6N2/c17-13-9-3-1-7(5-11(9)15(19)21-13)8-2-4-10-12(6-8)16(20)22-14(10)18;15-13(16,17)11-5-7(21)1-3-9(11)10-4-2-8(22)6-12(10)14(18,19)20/h1-6H;1-6H,21-22H2. The van der Waals surface area contributed by atoms with Gasteiger partial charge < -0.3 is 20.9 Å². The van der Waals surface area contributed by atoms with E-state index in [2.05, 4.69) is 9.47 Å². The summed E-state index contributed by atoms with van der Waals surface area (Å²) in [6, 6.07) is 14.6. The van der Waals surface area contributed by atoms with Gasteiger partial charge in [-0.2, -0.15) is 26.3 Å². The molecule has 4 aromatic carbocycles. The van der Waals surface area contributed by atoms with Crippen LogP contribution in [0.15, 0.2) is 72.8 Å². The summed E-state index contributed by atoms with van der Waals surface area (Å²) >= 11 is 0. The summed E-state index contributed by atoms with van der Waals surface area (Å²) in [4.78, 5) is 46.0. The van der Waals surface area contributed by atoms with E-state index < -0.39 is 58.5 Å². The lowest BCUT2D eigenvalue weighted by Gasteiger charge is -2.18. The minimum atomic E-state index is -4.84. The molecule has 0 saturated carbocycles. The number of esters is 4. The Bertz CT molecular complexity index is 1760. The number of benzene rings is 4. The second kappa shape index (κ2) is 10.6. The summed E-state index contributed by atoms with van der Waals surface area (Å²) in [6.45, 7) is 0. The fraction of sp³-hybridized carbons (Fsp3) is 0.0667. The number of ether oxygens (including phenoxy) is 2. The SMILES string of the molecule is Nc1ccc(-c2ccc(N)cc2C(F)(F)F)c(C(F)(F)F)c1.O=C1OC(=O)c2cc(-c3ccc4c(c3)C(=O)OC4=O)ccc21. The maximum atomic E-state index is 13.1. The van der Waals surface area contributed by atoms with Crippen LogP contribution in [0, 0.1) is 0 Å². The first-order chi connectivity index (χ1) is 20.5. The summed E-state index contributed by atoms with van der Waals surface area (Å²) in [5.41, 5.74) is 8.59. The number of halogens is 6. The van der Waals surface area contributed by atoms with E-state index in [0.29, 0.717) is 23.3 Å². The van der Waals surface area contributed by atoms with Gasteiger partial charge in [-0.3, -0.25) is 0 Å². The lowest BCUT2D eigenvalue weighted by Crippen LogP contribution is -2.12. The monoisotopic (exact) mass is 614 g/mol. The van der Waals surface area contributed by atoms with Crippen molar-refractivity contribution in [2.75, 3.05) is 11.5 Å². The molecule has 8 nitrogen and oxygen atoms in total. The Kier molecular flexibility index (Phi) is 7.16. The number of cyclic esters (lactones) is 4. The average molecular weight is 614 g/mol. The summed E-state index contributed by atoms with van der Waals surface area (Å²) < 4.78 is 87.4. The summed E-state index contributed by atoms with van der Waals surface area (Å²) in [6.07, 6.45) is -9.68. The summed E-state index contributed by atoms with van der Waals surface area (Å²) in [5, 5.41) is 0. The van der Waals surface area contributed by atoms with Crippen molar-refractivity contribution in [1.82, 2.24) is 0 Å². The molecular weight excluding hydrogens is 598 g/mol. The van der Waals surface area contributed by atoms with Gasteiger partial charge in [-0.15, -0.1) is 0 Å². The van der Waals surface area contributed by atoms with E-state index in [4.69, 9.17) is 11.5 Å². The molecule has 0 bridgehead atoms. The molecule has 2 heterocycles. The van der Waals surface area contributed by atoms with Gasteiger partial charge in [0.05, 0.1) is 33.4 Å². The molecule has 2 aliphatic heterocycles. The normalized spacial score (nSPS) is 14.0. The molecule has 0 radical (unpaired) electrons. The predicted molar refractivity (Wildman–Crippen MR) is 142 cm³/mol. The second-order valence-corrected chi connectivity index (χ2v) is 9.48. The maximum absolute atomic E-state index is 13.1. The van der Waals surface area contributed by atoms with Crippen LogP contribution in [0.2, 0.25) is 0 Å². The molecule has 14 heteroatoms. The highest BCUT2D eigenvalue weighted by Gasteiger charge is 2.38. The zero-order valence-electron chi connectivity index (χ0n) is 21.8. The van der Waals surface area contributed by atoms with E-state index >= 15 is 0 Å². The lowest BCUT2D eigenvalue weighted by atomic mass is 9.94. The van der Waals surface area contributed by atoms with Crippen LogP contribution in [0.4, 0.5) is 37.7 Å². The molecule has 4 N–H and O–H groups in total. The minimum Gasteiger partial charge on any atom is -0.399 e. The molecule has 2 aliphatic rings. The molecule has 0 aromatic heterocycles. The van der Waals surface area contributed by atoms with Crippen LogP contribution >= 0.6 is 0 Å². The number of alkyl halides is 6.